The highest BCUT2D eigenvalue weighted by molar-refractivity contribution is 5.93. The van der Waals surface area contributed by atoms with Crippen LogP contribution in [0.25, 0.3) is 0 Å². The predicted molar refractivity (Wildman–Crippen MR) is 70.5 cm³/mol. The van der Waals surface area contributed by atoms with E-state index < -0.39 is 0 Å². The molecular weight excluding hydrogens is 228 g/mol. The molecule has 1 fully saturated rings. The van der Waals surface area contributed by atoms with Gasteiger partial charge in [-0.2, -0.15) is 0 Å². The topological polar surface area (TPSA) is 54.3 Å². The van der Waals surface area contributed by atoms with Crippen LogP contribution < -0.4 is 5.32 Å². The minimum atomic E-state index is -0.178. The predicted octanol–water partition coefficient (Wildman–Crippen LogP) is 1.96. The molecule has 1 aromatic heterocycles. The highest BCUT2D eigenvalue weighted by atomic mass is 16.3. The van der Waals surface area contributed by atoms with Gasteiger partial charge < -0.3 is 15.0 Å². The smallest absolute Gasteiger partial charge is 0.268 e. The fourth-order valence-corrected chi connectivity index (χ4v) is 2.23. The number of amides is 1. The summed E-state index contributed by atoms with van der Waals surface area (Å²) in [4.78, 5) is 12.2. The maximum absolute atomic E-state index is 12.2. The number of hydrogen-bond donors (Lipinski definition) is 2. The Balaban J connectivity index is 2.06. The lowest BCUT2D eigenvalue weighted by Crippen LogP contribution is -2.42. The summed E-state index contributed by atoms with van der Waals surface area (Å²) in [5.74, 6) is 0.144. The third-order valence-electron chi connectivity index (χ3n) is 3.80. The van der Waals surface area contributed by atoms with Gasteiger partial charge in [-0.3, -0.25) is 4.79 Å². The van der Waals surface area contributed by atoms with Crippen LogP contribution in [0.15, 0.2) is 18.3 Å². The zero-order valence-corrected chi connectivity index (χ0v) is 11.1. The van der Waals surface area contributed by atoms with Crippen LogP contribution in [0.2, 0.25) is 0 Å². The molecule has 1 amide bonds. The van der Waals surface area contributed by atoms with Crippen LogP contribution in [0.1, 0.15) is 49.6 Å². The van der Waals surface area contributed by atoms with Crippen molar-refractivity contribution in [3.63, 3.8) is 0 Å². The molecule has 1 heterocycles. The van der Waals surface area contributed by atoms with E-state index in [1.165, 1.54) is 6.42 Å². The van der Waals surface area contributed by atoms with Crippen molar-refractivity contribution in [1.82, 2.24) is 9.88 Å². The second-order valence-electron chi connectivity index (χ2n) is 5.39. The first-order valence-electron chi connectivity index (χ1n) is 6.72. The van der Waals surface area contributed by atoms with Crippen LogP contribution >= 0.6 is 0 Å². The van der Waals surface area contributed by atoms with Gasteiger partial charge in [0.2, 0.25) is 0 Å². The molecule has 0 aliphatic heterocycles. The lowest BCUT2D eigenvalue weighted by Gasteiger charge is -2.29. The highest BCUT2D eigenvalue weighted by Crippen LogP contribution is 2.32. The number of nitrogens with zero attached hydrogens (tertiary/aromatic N) is 1. The Kier molecular flexibility index (Phi) is 4.07. The molecule has 0 aromatic carbocycles. The van der Waals surface area contributed by atoms with Gasteiger partial charge in [0.15, 0.2) is 0 Å². The second kappa shape index (κ2) is 5.57. The summed E-state index contributed by atoms with van der Waals surface area (Å²) in [6.45, 7) is 3.96. The van der Waals surface area contributed by atoms with E-state index >= 15 is 0 Å². The van der Waals surface area contributed by atoms with Gasteiger partial charge in [0.1, 0.15) is 5.69 Å². The second-order valence-corrected chi connectivity index (χ2v) is 5.39. The Labute approximate surface area is 108 Å². The van der Waals surface area contributed by atoms with E-state index in [1.54, 1.807) is 0 Å². The summed E-state index contributed by atoms with van der Waals surface area (Å²) in [5.41, 5.74) is 0.707. The number of aliphatic hydroxyl groups is 1. The summed E-state index contributed by atoms with van der Waals surface area (Å²) in [5, 5.41) is 12.2. The van der Waals surface area contributed by atoms with Crippen molar-refractivity contribution in [1.29, 1.82) is 0 Å². The number of aliphatic hydroxyl groups excluding tert-OH is 1. The van der Waals surface area contributed by atoms with Crippen LogP contribution in [0.4, 0.5) is 0 Å². The van der Waals surface area contributed by atoms with Crippen molar-refractivity contribution in [2.24, 2.45) is 5.92 Å². The third-order valence-corrected chi connectivity index (χ3v) is 3.80. The van der Waals surface area contributed by atoms with Crippen LogP contribution in [0.3, 0.4) is 0 Å². The Morgan fingerprint density at radius 3 is 2.78 bits per heavy atom. The minimum Gasteiger partial charge on any atom is -0.394 e. The molecule has 18 heavy (non-hydrogen) atoms. The molecule has 0 saturated heterocycles. The number of rotatable bonds is 5. The number of carbonyl (C=O) groups excluding carboxylic acids is 1. The molecule has 4 nitrogen and oxygen atoms in total. The molecule has 1 unspecified atom stereocenters. The minimum absolute atomic E-state index is 0.0203. The van der Waals surface area contributed by atoms with Gasteiger partial charge in [-0.15, -0.1) is 0 Å². The van der Waals surface area contributed by atoms with E-state index in [4.69, 9.17) is 0 Å². The Bertz CT molecular complexity index is 408. The van der Waals surface area contributed by atoms with Crippen LogP contribution in [0.5, 0.6) is 0 Å². The van der Waals surface area contributed by atoms with Crippen molar-refractivity contribution in [3.05, 3.63) is 24.0 Å². The van der Waals surface area contributed by atoms with E-state index in [-0.39, 0.29) is 24.5 Å². The standard InChI is InChI=1S/C14H22N2O2/c1-10(2)12(9-17)15-14(18)13-7-4-8-16(13)11-5-3-6-11/h4,7-8,10-12,17H,3,5-6,9H2,1-2H3,(H,15,18). The fourth-order valence-electron chi connectivity index (χ4n) is 2.23. The van der Waals surface area contributed by atoms with Gasteiger partial charge in [-0.05, 0) is 37.3 Å². The number of aromatic nitrogens is 1. The molecule has 1 aromatic rings. The molecular formula is C14H22N2O2. The van der Waals surface area contributed by atoms with E-state index in [2.05, 4.69) is 9.88 Å². The summed E-state index contributed by atoms with van der Waals surface area (Å²) in [6.07, 6.45) is 5.53. The van der Waals surface area contributed by atoms with Crippen LogP contribution in [-0.4, -0.2) is 28.2 Å². The third kappa shape index (κ3) is 2.58. The average Bonchev–Trinajstić information content (AvgIpc) is 2.71. The number of hydrogen-bond acceptors (Lipinski definition) is 2. The number of nitrogens with one attached hydrogen (secondary N) is 1. The van der Waals surface area contributed by atoms with Gasteiger partial charge in [-0.1, -0.05) is 13.8 Å². The van der Waals surface area contributed by atoms with E-state index in [1.807, 2.05) is 32.2 Å². The molecule has 1 atom stereocenters. The molecule has 100 valence electrons. The monoisotopic (exact) mass is 250 g/mol. The number of carbonyl (C=O) groups is 1. The molecule has 4 heteroatoms. The van der Waals surface area contributed by atoms with Crippen molar-refractivity contribution >= 4 is 5.91 Å². The Hall–Kier alpha value is -1.29. The zero-order valence-electron chi connectivity index (χ0n) is 11.1. The van der Waals surface area contributed by atoms with Gasteiger partial charge in [0.25, 0.3) is 5.91 Å². The summed E-state index contributed by atoms with van der Waals surface area (Å²) < 4.78 is 2.06. The first-order valence-corrected chi connectivity index (χ1v) is 6.72. The molecule has 1 aliphatic carbocycles. The summed E-state index contributed by atoms with van der Waals surface area (Å²) in [7, 11) is 0. The van der Waals surface area contributed by atoms with Gasteiger partial charge in [0.05, 0.1) is 12.6 Å². The van der Waals surface area contributed by atoms with Crippen LogP contribution in [-0.2, 0) is 0 Å². The maximum atomic E-state index is 12.2. The first-order chi connectivity index (χ1) is 8.63. The van der Waals surface area contributed by atoms with Gasteiger partial charge >= 0.3 is 0 Å². The fraction of sp³-hybridized carbons (Fsp3) is 0.643. The Morgan fingerprint density at radius 1 is 1.56 bits per heavy atom. The van der Waals surface area contributed by atoms with E-state index in [0.29, 0.717) is 11.7 Å². The quantitative estimate of drug-likeness (QED) is 0.839. The molecule has 0 bridgehead atoms. The largest absolute Gasteiger partial charge is 0.394 e. The lowest BCUT2D eigenvalue weighted by atomic mass is 9.93. The zero-order chi connectivity index (χ0) is 13.1. The van der Waals surface area contributed by atoms with Crippen molar-refractivity contribution < 1.29 is 9.90 Å². The molecule has 0 spiro atoms. The normalized spacial score (nSPS) is 17.6. The van der Waals surface area contributed by atoms with Gasteiger partial charge in [-0.25, -0.2) is 0 Å². The van der Waals surface area contributed by atoms with Crippen molar-refractivity contribution in [2.75, 3.05) is 6.61 Å². The van der Waals surface area contributed by atoms with Crippen molar-refractivity contribution in [3.8, 4) is 0 Å². The molecule has 1 saturated carbocycles. The van der Waals surface area contributed by atoms with Crippen molar-refractivity contribution in [2.45, 2.75) is 45.2 Å². The van der Waals surface area contributed by atoms with Gasteiger partial charge in [0, 0.05) is 12.2 Å². The highest BCUT2D eigenvalue weighted by Gasteiger charge is 2.24. The molecule has 0 radical (unpaired) electrons. The average molecular weight is 250 g/mol. The molecule has 2 N–H and O–H groups in total. The summed E-state index contributed by atoms with van der Waals surface area (Å²) in [6, 6.07) is 4.06. The maximum Gasteiger partial charge on any atom is 0.268 e. The Morgan fingerprint density at radius 2 is 2.28 bits per heavy atom. The lowest BCUT2D eigenvalue weighted by molar-refractivity contribution is 0.0881. The van der Waals surface area contributed by atoms with E-state index in [9.17, 15) is 9.90 Å². The molecule has 1 aliphatic rings. The van der Waals surface area contributed by atoms with Crippen LogP contribution in [0, 0.1) is 5.92 Å². The first kappa shape index (κ1) is 13.1. The summed E-state index contributed by atoms with van der Waals surface area (Å²) >= 11 is 0. The molecule has 2 rings (SSSR count). The SMILES string of the molecule is CC(C)C(CO)NC(=O)c1cccn1C1CCC1. The van der Waals surface area contributed by atoms with E-state index in [0.717, 1.165) is 12.8 Å².